The van der Waals surface area contributed by atoms with E-state index in [1.165, 1.54) is 4.68 Å². The highest BCUT2D eigenvalue weighted by Gasteiger charge is 2.34. The molecule has 3 aromatic heterocycles. The quantitative estimate of drug-likeness (QED) is 0.270. The average molecular weight is 498 g/mol. The minimum atomic E-state index is -0.793. The van der Waals surface area contributed by atoms with E-state index in [-0.39, 0.29) is 16.3 Å². The molecule has 0 saturated carbocycles. The molecular weight excluding hydrogens is 483 g/mol. The Hall–Kier alpha value is -3.46. The maximum atomic E-state index is 13.4. The van der Waals surface area contributed by atoms with Gasteiger partial charge in [0.2, 0.25) is 5.69 Å². The van der Waals surface area contributed by atoms with Crippen LogP contribution in [0.25, 0.3) is 27.2 Å². The average Bonchev–Trinajstić information content (AvgIpc) is 3.33. The van der Waals surface area contributed by atoms with Crippen molar-refractivity contribution >= 4 is 56.2 Å². The number of benzene rings is 2. The van der Waals surface area contributed by atoms with Crippen molar-refractivity contribution in [1.82, 2.24) is 10.3 Å². The molecule has 0 unspecified atom stereocenters. The first kappa shape index (κ1) is 21.4. The van der Waals surface area contributed by atoms with Crippen LogP contribution in [0.4, 0.5) is 5.69 Å². The molecule has 0 bridgehead atoms. The van der Waals surface area contributed by atoms with Crippen LogP contribution >= 0.6 is 34.5 Å². The molecule has 3 heterocycles. The molecule has 0 saturated heterocycles. The summed E-state index contributed by atoms with van der Waals surface area (Å²) >= 11 is 13.4. The summed E-state index contributed by atoms with van der Waals surface area (Å²) in [6.07, 6.45) is 0. The lowest BCUT2D eigenvalue weighted by Gasteiger charge is -2.04. The molecule has 2 aromatic carbocycles. The van der Waals surface area contributed by atoms with Crippen LogP contribution in [-0.2, 0) is 0 Å². The molecule has 0 spiro atoms. The van der Waals surface area contributed by atoms with Gasteiger partial charge in [0.1, 0.15) is 9.71 Å². The van der Waals surface area contributed by atoms with Crippen LogP contribution in [-0.4, -0.2) is 16.0 Å². The number of thiophene rings is 1. The Morgan fingerprint density at radius 1 is 1.12 bits per heavy atom. The number of carbonyl (C=O) groups excluding carboxylic acids is 1. The molecular formula is C23H15Cl2N4O3S+. The number of nitrogen functional groups attached to an aromatic ring is 1. The number of aryl methyl sites for hydroxylation is 1. The van der Waals surface area contributed by atoms with Gasteiger partial charge in [-0.1, -0.05) is 40.9 Å². The van der Waals surface area contributed by atoms with Gasteiger partial charge in [0, 0.05) is 28.1 Å². The normalized spacial score (nSPS) is 11.2. The summed E-state index contributed by atoms with van der Waals surface area (Å²) in [5, 5.41) is 4.07. The number of hydrogen-bond acceptors (Lipinski definition) is 6. The number of hydrogen-bond donors (Lipinski definition) is 2. The number of anilines is 1. The minimum absolute atomic E-state index is 0.182. The SMILES string of the molecule is Cc1ccc(-[n+]2[nH]oc(=O)c2C(=O)c2sc3nc(-c4ccc(Cl)cc4Cl)ccc3c2N)cc1. The molecule has 7 nitrogen and oxygen atoms in total. The third-order valence-corrected chi connectivity index (χ3v) is 6.82. The van der Waals surface area contributed by atoms with Crippen LogP contribution < -0.4 is 16.0 Å². The number of nitrogens with two attached hydrogens (primary N) is 1. The van der Waals surface area contributed by atoms with Crippen molar-refractivity contribution in [1.29, 1.82) is 0 Å². The van der Waals surface area contributed by atoms with Gasteiger partial charge in [-0.05, 0) is 47.2 Å². The molecule has 3 N–H and O–H groups in total. The third-order valence-electron chi connectivity index (χ3n) is 5.16. The summed E-state index contributed by atoms with van der Waals surface area (Å²) in [6.45, 7) is 1.94. The van der Waals surface area contributed by atoms with Crippen molar-refractivity contribution in [3.63, 3.8) is 0 Å². The summed E-state index contributed by atoms with van der Waals surface area (Å²) < 4.78 is 6.23. The van der Waals surface area contributed by atoms with Crippen molar-refractivity contribution in [2.75, 3.05) is 5.73 Å². The lowest BCUT2D eigenvalue weighted by Crippen LogP contribution is -2.41. The topological polar surface area (TPSA) is 106 Å². The maximum absolute atomic E-state index is 13.4. The number of H-pyrrole nitrogens is 1. The van der Waals surface area contributed by atoms with Gasteiger partial charge in [-0.25, -0.2) is 9.78 Å². The summed E-state index contributed by atoms with van der Waals surface area (Å²) in [5.41, 5.74) is 8.49. The van der Waals surface area contributed by atoms with Gasteiger partial charge in [-0.15, -0.1) is 11.3 Å². The monoisotopic (exact) mass is 497 g/mol. The first-order valence-corrected chi connectivity index (χ1v) is 11.3. The molecule has 0 fully saturated rings. The Balaban J connectivity index is 1.61. The number of aromatic nitrogens is 3. The lowest BCUT2D eigenvalue weighted by atomic mass is 10.1. The van der Waals surface area contributed by atoms with E-state index in [0.29, 0.717) is 37.2 Å². The standard InChI is InChI=1S/C23H14Cl2N4O3S/c1-11-2-5-13(6-3-11)29-19(23(31)32-28-29)20(30)21-18(26)15-8-9-17(27-22(15)33-21)14-7-4-12(24)10-16(14)25/h2-10H,1H3,(H2-,26,28,30,31)/p+1. The Labute approximate surface area is 201 Å². The summed E-state index contributed by atoms with van der Waals surface area (Å²) in [4.78, 5) is 31.2. The molecule has 0 aliphatic rings. The summed E-state index contributed by atoms with van der Waals surface area (Å²) in [7, 11) is 0. The first-order chi connectivity index (χ1) is 15.8. The number of pyridine rings is 1. The van der Waals surface area contributed by atoms with Gasteiger partial charge in [0.15, 0.2) is 0 Å². The van der Waals surface area contributed by atoms with E-state index in [4.69, 9.17) is 33.5 Å². The third kappa shape index (κ3) is 3.72. The van der Waals surface area contributed by atoms with E-state index in [2.05, 4.69) is 10.3 Å². The molecule has 5 aromatic rings. The highest BCUT2D eigenvalue weighted by atomic mass is 35.5. The predicted octanol–water partition coefficient (Wildman–Crippen LogP) is 4.95. The second kappa shape index (κ2) is 8.15. The molecule has 0 radical (unpaired) electrons. The number of rotatable bonds is 4. The number of fused-ring (bicyclic) bond motifs is 1. The first-order valence-electron chi connectivity index (χ1n) is 9.73. The van der Waals surface area contributed by atoms with Crippen molar-refractivity contribution < 1.29 is 14.0 Å². The van der Waals surface area contributed by atoms with E-state index < -0.39 is 11.4 Å². The van der Waals surface area contributed by atoms with Gasteiger partial charge in [0.25, 0.3) is 5.78 Å². The van der Waals surface area contributed by atoms with Gasteiger partial charge in [-0.3, -0.25) is 9.32 Å². The number of nitrogens with one attached hydrogen (secondary N) is 1. The number of aromatic amines is 1. The second-order valence-electron chi connectivity index (χ2n) is 7.35. The van der Waals surface area contributed by atoms with Crippen molar-refractivity contribution in [2.24, 2.45) is 0 Å². The minimum Gasteiger partial charge on any atom is -0.397 e. The number of nitrogens with zero attached hydrogens (tertiary/aromatic N) is 2. The molecule has 10 heteroatoms. The fourth-order valence-corrected chi connectivity index (χ4v) is 5.00. The fraction of sp³-hybridized carbons (Fsp3) is 0.0435. The van der Waals surface area contributed by atoms with E-state index in [0.717, 1.165) is 16.9 Å². The van der Waals surface area contributed by atoms with Crippen molar-refractivity contribution in [2.45, 2.75) is 6.92 Å². The van der Waals surface area contributed by atoms with Gasteiger partial charge >= 0.3 is 11.3 Å². The van der Waals surface area contributed by atoms with Crippen LogP contribution in [0.3, 0.4) is 0 Å². The zero-order valence-electron chi connectivity index (χ0n) is 17.1. The second-order valence-corrected chi connectivity index (χ2v) is 9.19. The molecule has 0 aliphatic heterocycles. The number of ketones is 1. The summed E-state index contributed by atoms with van der Waals surface area (Å²) in [5.74, 6) is -0.558. The Kier molecular flexibility index (Phi) is 5.28. The van der Waals surface area contributed by atoms with Crippen molar-refractivity contribution in [3.05, 3.63) is 91.2 Å². The Morgan fingerprint density at radius 2 is 1.88 bits per heavy atom. The highest BCUT2D eigenvalue weighted by molar-refractivity contribution is 7.21. The summed E-state index contributed by atoms with van der Waals surface area (Å²) in [6, 6.07) is 16.0. The highest BCUT2D eigenvalue weighted by Crippen LogP contribution is 2.36. The van der Waals surface area contributed by atoms with Crippen molar-refractivity contribution in [3.8, 4) is 16.9 Å². The molecule has 33 heavy (non-hydrogen) atoms. The van der Waals surface area contributed by atoms with E-state index in [9.17, 15) is 9.59 Å². The number of halogens is 2. The van der Waals surface area contributed by atoms with Gasteiger partial charge < -0.3 is 5.73 Å². The van der Waals surface area contributed by atoms with Gasteiger partial charge in [0.05, 0.1) is 16.4 Å². The molecule has 164 valence electrons. The fourth-order valence-electron chi connectivity index (χ4n) is 3.46. The molecule has 0 amide bonds. The van der Waals surface area contributed by atoms with E-state index in [1.54, 1.807) is 42.5 Å². The van der Waals surface area contributed by atoms with Crippen LogP contribution in [0.2, 0.25) is 10.0 Å². The van der Waals surface area contributed by atoms with Crippen LogP contribution in [0.1, 0.15) is 20.9 Å². The molecule has 0 atom stereocenters. The zero-order chi connectivity index (χ0) is 23.3. The van der Waals surface area contributed by atoms with E-state index >= 15 is 0 Å². The maximum Gasteiger partial charge on any atom is 0.439 e. The van der Waals surface area contributed by atoms with Crippen LogP contribution in [0, 0.1) is 6.92 Å². The number of carbonyl (C=O) groups is 1. The molecule has 0 aliphatic carbocycles. The smallest absolute Gasteiger partial charge is 0.397 e. The zero-order valence-corrected chi connectivity index (χ0v) is 19.4. The Morgan fingerprint density at radius 3 is 2.61 bits per heavy atom. The molecule has 5 rings (SSSR count). The Bertz CT molecular complexity index is 1600. The largest absolute Gasteiger partial charge is 0.439 e. The van der Waals surface area contributed by atoms with Crippen LogP contribution in [0.15, 0.2) is 63.9 Å². The van der Waals surface area contributed by atoms with Crippen LogP contribution in [0.5, 0.6) is 0 Å². The predicted molar refractivity (Wildman–Crippen MR) is 129 cm³/mol. The van der Waals surface area contributed by atoms with Gasteiger partial charge in [-0.2, -0.15) is 0 Å². The van der Waals surface area contributed by atoms with E-state index in [1.807, 2.05) is 19.1 Å². The lowest BCUT2D eigenvalue weighted by molar-refractivity contribution is -0.672.